The van der Waals surface area contributed by atoms with Crippen molar-refractivity contribution in [3.8, 4) is 0 Å². The minimum atomic E-state index is 0.106. The van der Waals surface area contributed by atoms with Gasteiger partial charge >= 0.3 is 0 Å². The molecule has 0 aliphatic carbocycles. The predicted octanol–water partition coefficient (Wildman–Crippen LogP) is 3.20. The average Bonchev–Trinajstić information content (AvgIpc) is 2.93. The molecule has 2 N–H and O–H groups in total. The fourth-order valence-corrected chi connectivity index (χ4v) is 3.08. The van der Waals surface area contributed by atoms with Crippen LogP contribution in [0.3, 0.4) is 0 Å². The zero-order chi connectivity index (χ0) is 13.9. The molecule has 1 aliphatic rings. The number of anilines is 2. The first-order chi connectivity index (χ1) is 9.74. The highest BCUT2D eigenvalue weighted by Crippen LogP contribution is 2.26. The number of carbonyl (C=O) groups excluding carboxylic acids is 1. The van der Waals surface area contributed by atoms with E-state index in [4.69, 9.17) is 0 Å². The van der Waals surface area contributed by atoms with Gasteiger partial charge < -0.3 is 10.6 Å². The molecule has 4 nitrogen and oxygen atoms in total. The molecule has 3 rings (SSSR count). The van der Waals surface area contributed by atoms with Gasteiger partial charge in [-0.2, -0.15) is 0 Å². The van der Waals surface area contributed by atoms with Gasteiger partial charge in [-0.25, -0.2) is 4.98 Å². The smallest absolute Gasteiger partial charge is 0.224 e. The molecule has 104 valence electrons. The van der Waals surface area contributed by atoms with E-state index in [1.807, 2.05) is 18.3 Å². The van der Waals surface area contributed by atoms with Crippen LogP contribution in [0.4, 0.5) is 11.4 Å². The fraction of sp³-hybridized carbons (Fsp3) is 0.333. The Labute approximate surface area is 122 Å². The third kappa shape index (κ3) is 2.82. The molecule has 0 unspecified atom stereocenters. The molecule has 0 bridgehead atoms. The molecule has 20 heavy (non-hydrogen) atoms. The van der Waals surface area contributed by atoms with Crippen LogP contribution in [0.25, 0.3) is 0 Å². The first-order valence-corrected chi connectivity index (χ1v) is 7.66. The molecule has 0 spiro atoms. The number of carbonyl (C=O) groups is 1. The summed E-state index contributed by atoms with van der Waals surface area (Å²) in [5, 5.41) is 7.49. The van der Waals surface area contributed by atoms with Crippen LogP contribution in [0.2, 0.25) is 0 Å². The second kappa shape index (κ2) is 5.63. The maximum atomic E-state index is 11.3. The first-order valence-electron chi connectivity index (χ1n) is 6.85. The number of amides is 1. The summed E-state index contributed by atoms with van der Waals surface area (Å²) in [6, 6.07) is 6.10. The number of fused-ring (bicyclic) bond motifs is 1. The summed E-state index contributed by atoms with van der Waals surface area (Å²) < 4.78 is 0. The molecular weight excluding hydrogens is 270 g/mol. The number of aromatic nitrogens is 1. The number of benzene rings is 1. The van der Waals surface area contributed by atoms with Crippen molar-refractivity contribution in [3.05, 3.63) is 39.8 Å². The van der Waals surface area contributed by atoms with E-state index in [0.29, 0.717) is 6.42 Å². The number of thiazole rings is 1. The molecule has 0 saturated heterocycles. The zero-order valence-corrected chi connectivity index (χ0v) is 12.2. The van der Waals surface area contributed by atoms with Crippen LogP contribution in [-0.2, 0) is 24.2 Å². The summed E-state index contributed by atoms with van der Waals surface area (Å²) >= 11 is 1.75. The van der Waals surface area contributed by atoms with E-state index in [9.17, 15) is 4.79 Å². The summed E-state index contributed by atoms with van der Waals surface area (Å²) in [5.74, 6) is 0.106. The summed E-state index contributed by atoms with van der Waals surface area (Å²) in [6.45, 7) is 2.91. The van der Waals surface area contributed by atoms with E-state index in [1.54, 1.807) is 11.3 Å². The van der Waals surface area contributed by atoms with Gasteiger partial charge in [0.1, 0.15) is 0 Å². The molecular formula is C15H17N3OS. The molecule has 0 radical (unpaired) electrons. The average molecular weight is 287 g/mol. The Morgan fingerprint density at radius 2 is 2.30 bits per heavy atom. The Morgan fingerprint density at radius 3 is 3.10 bits per heavy atom. The van der Waals surface area contributed by atoms with E-state index in [0.717, 1.165) is 30.8 Å². The second-order valence-corrected chi connectivity index (χ2v) is 6.05. The van der Waals surface area contributed by atoms with Crippen molar-refractivity contribution in [1.82, 2.24) is 4.98 Å². The summed E-state index contributed by atoms with van der Waals surface area (Å²) in [6.07, 6.45) is 4.32. The van der Waals surface area contributed by atoms with Gasteiger partial charge in [-0.1, -0.05) is 6.92 Å². The Balaban J connectivity index is 1.67. The van der Waals surface area contributed by atoms with Gasteiger partial charge in [0, 0.05) is 28.9 Å². The normalized spacial score (nSPS) is 13.8. The molecule has 0 saturated carbocycles. The lowest BCUT2D eigenvalue weighted by Crippen LogP contribution is -2.18. The largest absolute Gasteiger partial charge is 0.380 e. The summed E-state index contributed by atoms with van der Waals surface area (Å²) in [5.41, 5.74) is 3.23. The lowest BCUT2D eigenvalue weighted by Gasteiger charge is -2.17. The third-order valence-electron chi connectivity index (χ3n) is 3.37. The van der Waals surface area contributed by atoms with Crippen LogP contribution in [0.15, 0.2) is 24.4 Å². The Hall–Kier alpha value is -1.88. The lowest BCUT2D eigenvalue weighted by atomic mass is 10.0. The van der Waals surface area contributed by atoms with Gasteiger partial charge in [0.15, 0.2) is 0 Å². The van der Waals surface area contributed by atoms with E-state index in [1.165, 1.54) is 15.4 Å². The van der Waals surface area contributed by atoms with Gasteiger partial charge in [0.2, 0.25) is 5.91 Å². The molecule has 2 heterocycles. The minimum absolute atomic E-state index is 0.106. The van der Waals surface area contributed by atoms with E-state index in [2.05, 4.69) is 28.6 Å². The summed E-state index contributed by atoms with van der Waals surface area (Å²) in [4.78, 5) is 16.9. The van der Waals surface area contributed by atoms with Crippen molar-refractivity contribution in [3.63, 3.8) is 0 Å². The van der Waals surface area contributed by atoms with Crippen molar-refractivity contribution >= 4 is 28.6 Å². The van der Waals surface area contributed by atoms with Crippen LogP contribution in [0.1, 0.15) is 28.8 Å². The topological polar surface area (TPSA) is 54.0 Å². The van der Waals surface area contributed by atoms with Gasteiger partial charge in [0.05, 0.1) is 11.6 Å². The van der Waals surface area contributed by atoms with Crippen LogP contribution in [-0.4, -0.2) is 10.9 Å². The Morgan fingerprint density at radius 1 is 1.40 bits per heavy atom. The number of hydrogen-bond donors (Lipinski definition) is 2. The van der Waals surface area contributed by atoms with Gasteiger partial charge in [-0.3, -0.25) is 4.79 Å². The van der Waals surface area contributed by atoms with Crippen LogP contribution in [0, 0.1) is 0 Å². The Kier molecular flexibility index (Phi) is 3.69. The molecule has 1 amide bonds. The van der Waals surface area contributed by atoms with Crippen molar-refractivity contribution < 1.29 is 4.79 Å². The highest BCUT2D eigenvalue weighted by molar-refractivity contribution is 7.11. The maximum Gasteiger partial charge on any atom is 0.224 e. The molecule has 1 aliphatic heterocycles. The van der Waals surface area contributed by atoms with Crippen molar-refractivity contribution in [2.45, 2.75) is 32.7 Å². The maximum absolute atomic E-state index is 11.3. The van der Waals surface area contributed by atoms with Crippen molar-refractivity contribution in [2.75, 3.05) is 10.6 Å². The molecule has 1 aromatic carbocycles. The second-order valence-electron chi connectivity index (χ2n) is 4.85. The monoisotopic (exact) mass is 287 g/mol. The van der Waals surface area contributed by atoms with Crippen molar-refractivity contribution in [2.24, 2.45) is 0 Å². The van der Waals surface area contributed by atoms with Gasteiger partial charge in [-0.15, -0.1) is 11.3 Å². The molecule has 0 atom stereocenters. The van der Waals surface area contributed by atoms with Gasteiger partial charge in [0.25, 0.3) is 0 Å². The first kappa shape index (κ1) is 13.1. The highest BCUT2D eigenvalue weighted by atomic mass is 32.1. The number of nitrogens with one attached hydrogen (secondary N) is 2. The lowest BCUT2D eigenvalue weighted by molar-refractivity contribution is -0.116. The zero-order valence-electron chi connectivity index (χ0n) is 11.4. The van der Waals surface area contributed by atoms with Crippen LogP contribution >= 0.6 is 11.3 Å². The van der Waals surface area contributed by atoms with E-state index in [-0.39, 0.29) is 5.91 Å². The quantitative estimate of drug-likeness (QED) is 0.908. The summed E-state index contributed by atoms with van der Waals surface area (Å²) in [7, 11) is 0. The Bertz CT molecular complexity index is 636. The molecule has 0 fully saturated rings. The number of rotatable bonds is 4. The predicted molar refractivity (Wildman–Crippen MR) is 82.2 cm³/mol. The van der Waals surface area contributed by atoms with E-state index >= 15 is 0 Å². The standard InChI is InChI=1S/C15H17N3OS/c1-2-15-17-9-12(20-15)8-16-11-4-5-13-10(7-11)3-6-14(19)18-13/h4-5,7,9,16H,2-3,6,8H2,1H3,(H,18,19). The molecule has 2 aromatic rings. The number of hydrogen-bond acceptors (Lipinski definition) is 4. The van der Waals surface area contributed by atoms with Crippen LogP contribution in [0.5, 0.6) is 0 Å². The number of aryl methyl sites for hydroxylation is 2. The third-order valence-corrected chi connectivity index (χ3v) is 4.51. The van der Waals surface area contributed by atoms with E-state index < -0.39 is 0 Å². The van der Waals surface area contributed by atoms with Crippen molar-refractivity contribution in [1.29, 1.82) is 0 Å². The SMILES string of the molecule is CCc1ncc(CNc2ccc3c(c2)CCC(=O)N3)s1. The number of nitrogens with zero attached hydrogens (tertiary/aromatic N) is 1. The fourth-order valence-electron chi connectivity index (χ4n) is 2.28. The molecule has 1 aromatic heterocycles. The highest BCUT2D eigenvalue weighted by Gasteiger charge is 2.14. The molecule has 5 heteroatoms. The minimum Gasteiger partial charge on any atom is -0.380 e. The van der Waals surface area contributed by atoms with Gasteiger partial charge in [-0.05, 0) is 36.6 Å². The van der Waals surface area contributed by atoms with Crippen LogP contribution < -0.4 is 10.6 Å².